The molecule has 0 unspecified atom stereocenters. The number of benzene rings is 1. The highest BCUT2D eigenvalue weighted by Crippen LogP contribution is 2.42. The van der Waals surface area contributed by atoms with Crippen LogP contribution >= 0.6 is 0 Å². The van der Waals surface area contributed by atoms with E-state index in [1.807, 2.05) is 0 Å². The molecule has 9 heteroatoms. The number of pyridine rings is 1. The minimum atomic E-state index is -4.78. The first-order valence-electron chi connectivity index (χ1n) is 10.6. The number of aromatic nitrogens is 1. The number of nitrogens with zero attached hydrogens (tertiary/aromatic N) is 1. The SMILES string of the molecule is CC1(C)C(=O)C(C(=O)c2ccc(C(F)(F)F)nc2COCc2ccccc2)C(=O)C(C)(C)C1=O. The van der Waals surface area contributed by atoms with Gasteiger partial charge in [0.2, 0.25) is 0 Å². The Morgan fingerprint density at radius 1 is 0.912 bits per heavy atom. The van der Waals surface area contributed by atoms with Gasteiger partial charge in [0.05, 0.1) is 29.7 Å². The lowest BCUT2D eigenvalue weighted by Gasteiger charge is -2.40. The van der Waals surface area contributed by atoms with Crippen LogP contribution in [0.2, 0.25) is 0 Å². The third-order valence-corrected chi connectivity index (χ3v) is 6.03. The maximum Gasteiger partial charge on any atom is 0.433 e. The summed E-state index contributed by atoms with van der Waals surface area (Å²) < 4.78 is 45.3. The van der Waals surface area contributed by atoms with Gasteiger partial charge in [0.1, 0.15) is 11.6 Å². The normalized spacial score (nSPS) is 18.3. The molecule has 2 aromatic rings. The molecule has 0 amide bonds. The third kappa shape index (κ3) is 4.57. The summed E-state index contributed by atoms with van der Waals surface area (Å²) in [5.41, 5.74) is -4.37. The minimum Gasteiger partial charge on any atom is -0.370 e. The van der Waals surface area contributed by atoms with Crippen molar-refractivity contribution in [2.24, 2.45) is 16.7 Å². The summed E-state index contributed by atoms with van der Waals surface area (Å²) in [7, 11) is 0. The van der Waals surface area contributed by atoms with Crippen LogP contribution < -0.4 is 0 Å². The quantitative estimate of drug-likeness (QED) is 0.455. The van der Waals surface area contributed by atoms with E-state index in [0.717, 1.165) is 11.6 Å². The number of carbonyl (C=O) groups excluding carboxylic acids is 4. The van der Waals surface area contributed by atoms with Gasteiger partial charge in [-0.05, 0) is 45.4 Å². The van der Waals surface area contributed by atoms with E-state index in [-0.39, 0.29) is 17.9 Å². The van der Waals surface area contributed by atoms with E-state index >= 15 is 0 Å². The zero-order chi connectivity index (χ0) is 25.5. The van der Waals surface area contributed by atoms with Crippen LogP contribution in [0.5, 0.6) is 0 Å². The Bertz CT molecular complexity index is 1120. The van der Waals surface area contributed by atoms with Gasteiger partial charge >= 0.3 is 6.18 Å². The molecule has 1 aromatic heterocycles. The van der Waals surface area contributed by atoms with Crippen LogP contribution in [0.25, 0.3) is 0 Å². The molecule has 6 nitrogen and oxygen atoms in total. The second-order valence-corrected chi connectivity index (χ2v) is 9.27. The maximum atomic E-state index is 13.4. The Morgan fingerprint density at radius 2 is 1.47 bits per heavy atom. The fourth-order valence-electron chi connectivity index (χ4n) is 4.07. The molecular formula is C25H24F3NO5. The number of hydrogen-bond donors (Lipinski definition) is 0. The van der Waals surface area contributed by atoms with Gasteiger partial charge in [0, 0.05) is 5.56 Å². The molecule has 0 radical (unpaired) electrons. The van der Waals surface area contributed by atoms with E-state index in [4.69, 9.17) is 4.74 Å². The van der Waals surface area contributed by atoms with Crippen LogP contribution in [0.4, 0.5) is 13.2 Å². The third-order valence-electron chi connectivity index (χ3n) is 6.03. The van der Waals surface area contributed by atoms with Crippen molar-refractivity contribution in [2.45, 2.75) is 47.1 Å². The fraction of sp³-hybridized carbons (Fsp3) is 0.400. The largest absolute Gasteiger partial charge is 0.433 e. The number of hydrogen-bond acceptors (Lipinski definition) is 6. The molecule has 34 heavy (non-hydrogen) atoms. The monoisotopic (exact) mass is 475 g/mol. The number of halogens is 3. The molecule has 1 aromatic carbocycles. The lowest BCUT2D eigenvalue weighted by molar-refractivity contribution is -0.158. The summed E-state index contributed by atoms with van der Waals surface area (Å²) in [6.07, 6.45) is -4.78. The molecule has 0 N–H and O–H groups in total. The van der Waals surface area contributed by atoms with Gasteiger partial charge in [-0.1, -0.05) is 30.3 Å². The van der Waals surface area contributed by atoms with Crippen molar-refractivity contribution in [3.8, 4) is 0 Å². The van der Waals surface area contributed by atoms with E-state index in [2.05, 4.69) is 4.98 Å². The molecule has 0 saturated heterocycles. The van der Waals surface area contributed by atoms with E-state index in [1.165, 1.54) is 27.7 Å². The van der Waals surface area contributed by atoms with Crippen molar-refractivity contribution in [1.82, 2.24) is 4.98 Å². The lowest BCUT2D eigenvalue weighted by atomic mass is 9.57. The number of ketones is 4. The van der Waals surface area contributed by atoms with Crippen LogP contribution in [0.3, 0.4) is 0 Å². The topological polar surface area (TPSA) is 90.4 Å². The molecule has 0 atom stereocenters. The molecule has 180 valence electrons. The Hall–Kier alpha value is -3.20. The summed E-state index contributed by atoms with van der Waals surface area (Å²) in [6.45, 7) is 4.92. The number of rotatable bonds is 6. The van der Waals surface area contributed by atoms with E-state index in [1.54, 1.807) is 30.3 Å². The maximum absolute atomic E-state index is 13.4. The summed E-state index contributed by atoms with van der Waals surface area (Å²) in [6, 6.07) is 10.4. The van der Waals surface area contributed by atoms with Crippen molar-refractivity contribution >= 4 is 23.1 Å². The first-order chi connectivity index (χ1) is 15.7. The van der Waals surface area contributed by atoms with Crippen LogP contribution in [0.1, 0.15) is 55.0 Å². The molecule has 0 spiro atoms. The predicted octanol–water partition coefficient (Wildman–Crippen LogP) is 4.39. The number of alkyl halides is 3. The molecule has 1 aliphatic carbocycles. The Balaban J connectivity index is 2.00. The van der Waals surface area contributed by atoms with Crippen LogP contribution in [0.15, 0.2) is 42.5 Å². The first kappa shape index (κ1) is 25.4. The molecule has 1 fully saturated rings. The highest BCUT2D eigenvalue weighted by atomic mass is 19.4. The van der Waals surface area contributed by atoms with Gasteiger partial charge < -0.3 is 4.74 Å². The predicted molar refractivity (Wildman–Crippen MR) is 115 cm³/mol. The van der Waals surface area contributed by atoms with Crippen molar-refractivity contribution in [2.75, 3.05) is 0 Å². The molecule has 0 aliphatic heterocycles. The zero-order valence-electron chi connectivity index (χ0n) is 19.2. The minimum absolute atomic E-state index is 0.0439. The smallest absolute Gasteiger partial charge is 0.370 e. The zero-order valence-corrected chi connectivity index (χ0v) is 19.2. The number of Topliss-reactive ketones (excluding diaryl/α,β-unsaturated/α-hetero) is 4. The standard InChI is InChI=1S/C25H24F3NO5/c1-23(2)20(31)18(21(32)24(3,4)22(23)33)19(30)15-10-11-17(25(26,27)28)29-16(15)13-34-12-14-8-6-5-7-9-14/h5-11,18H,12-13H2,1-4H3. The molecule has 1 heterocycles. The Morgan fingerprint density at radius 3 is 2.00 bits per heavy atom. The summed E-state index contributed by atoms with van der Waals surface area (Å²) >= 11 is 0. The van der Waals surface area contributed by atoms with Crippen molar-refractivity contribution in [3.05, 3.63) is 65.0 Å². The molecule has 0 bridgehead atoms. The Kier molecular flexibility index (Phi) is 6.63. The summed E-state index contributed by atoms with van der Waals surface area (Å²) in [5, 5.41) is 0. The molecule has 1 aliphatic rings. The van der Waals surface area contributed by atoms with Crippen molar-refractivity contribution in [1.29, 1.82) is 0 Å². The number of carbonyl (C=O) groups is 4. The molecular weight excluding hydrogens is 451 g/mol. The first-order valence-corrected chi connectivity index (χ1v) is 10.6. The molecule has 3 rings (SSSR count). The average molecular weight is 475 g/mol. The van der Waals surface area contributed by atoms with E-state index in [9.17, 15) is 32.3 Å². The van der Waals surface area contributed by atoms with Gasteiger partial charge in [-0.15, -0.1) is 0 Å². The van der Waals surface area contributed by atoms with Gasteiger partial charge in [0.25, 0.3) is 0 Å². The second-order valence-electron chi connectivity index (χ2n) is 9.27. The highest BCUT2D eigenvalue weighted by Gasteiger charge is 2.60. The summed E-state index contributed by atoms with van der Waals surface area (Å²) in [4.78, 5) is 55.7. The Labute approximate surface area is 194 Å². The van der Waals surface area contributed by atoms with E-state index in [0.29, 0.717) is 6.07 Å². The molecule has 1 saturated carbocycles. The van der Waals surface area contributed by atoms with Crippen LogP contribution in [-0.2, 0) is 38.5 Å². The average Bonchev–Trinajstić information content (AvgIpc) is 2.77. The van der Waals surface area contributed by atoms with Crippen LogP contribution in [-0.4, -0.2) is 28.1 Å². The number of ether oxygens (including phenoxy) is 1. The lowest BCUT2D eigenvalue weighted by Crippen LogP contribution is -2.59. The fourth-order valence-corrected chi connectivity index (χ4v) is 4.07. The van der Waals surface area contributed by atoms with Crippen molar-refractivity contribution < 1.29 is 37.1 Å². The van der Waals surface area contributed by atoms with E-state index < -0.39 is 58.4 Å². The van der Waals surface area contributed by atoms with Gasteiger partial charge in [0.15, 0.2) is 23.1 Å². The van der Waals surface area contributed by atoms with Gasteiger partial charge in [-0.2, -0.15) is 13.2 Å². The van der Waals surface area contributed by atoms with Gasteiger partial charge in [-0.3, -0.25) is 19.2 Å². The highest BCUT2D eigenvalue weighted by molar-refractivity contribution is 6.37. The second kappa shape index (κ2) is 8.87. The van der Waals surface area contributed by atoms with Crippen LogP contribution in [0, 0.1) is 16.7 Å². The van der Waals surface area contributed by atoms with Crippen molar-refractivity contribution in [3.63, 3.8) is 0 Å². The summed E-state index contributed by atoms with van der Waals surface area (Å²) in [5.74, 6) is -5.21. The van der Waals surface area contributed by atoms with Gasteiger partial charge in [-0.25, -0.2) is 4.98 Å².